The highest BCUT2D eigenvalue weighted by molar-refractivity contribution is 5.78. The molecule has 2 aromatic carbocycles. The first-order valence-electron chi connectivity index (χ1n) is 10.5. The Morgan fingerprint density at radius 1 is 0.964 bits per heavy atom. The minimum absolute atomic E-state index is 0.0944. The summed E-state index contributed by atoms with van der Waals surface area (Å²) in [6, 6.07) is 15.0. The molecule has 2 aromatic rings. The average molecular weight is 379 g/mol. The second kappa shape index (κ2) is 9.35. The summed E-state index contributed by atoms with van der Waals surface area (Å²) in [6.45, 7) is 5.06. The normalized spacial score (nSPS) is 17.1. The number of nitrogens with one attached hydrogen (secondary N) is 1. The molecule has 4 heteroatoms. The van der Waals surface area contributed by atoms with Crippen LogP contribution >= 0.6 is 0 Å². The van der Waals surface area contributed by atoms with Gasteiger partial charge in [0, 0.05) is 26.2 Å². The first-order chi connectivity index (χ1) is 13.8. The number of amides is 1. The second-order valence-corrected chi connectivity index (χ2v) is 7.92. The van der Waals surface area contributed by atoms with Crippen molar-refractivity contribution in [2.24, 2.45) is 0 Å². The van der Waals surface area contributed by atoms with Crippen LogP contribution in [0.3, 0.4) is 0 Å². The number of aryl methyl sites for hydroxylation is 2. The monoisotopic (exact) mass is 378 g/mol. The van der Waals surface area contributed by atoms with Gasteiger partial charge < -0.3 is 10.1 Å². The molecule has 4 nitrogen and oxygen atoms in total. The zero-order valence-electron chi connectivity index (χ0n) is 16.6. The maximum atomic E-state index is 12.5. The van der Waals surface area contributed by atoms with Gasteiger partial charge in [0.05, 0.1) is 19.6 Å². The topological polar surface area (TPSA) is 41.6 Å². The van der Waals surface area contributed by atoms with E-state index >= 15 is 0 Å². The Morgan fingerprint density at radius 3 is 2.54 bits per heavy atom. The third kappa shape index (κ3) is 5.00. The second-order valence-electron chi connectivity index (χ2n) is 7.92. The summed E-state index contributed by atoms with van der Waals surface area (Å²) in [7, 11) is 0. The summed E-state index contributed by atoms with van der Waals surface area (Å²) in [4.78, 5) is 14.9. The summed E-state index contributed by atoms with van der Waals surface area (Å²) in [5.41, 5.74) is 6.52. The van der Waals surface area contributed by atoms with Crippen molar-refractivity contribution in [3.63, 3.8) is 0 Å². The number of carbonyl (C=O) groups is 1. The van der Waals surface area contributed by atoms with E-state index in [0.29, 0.717) is 13.0 Å². The maximum absolute atomic E-state index is 12.5. The van der Waals surface area contributed by atoms with Gasteiger partial charge in [0.1, 0.15) is 0 Å². The van der Waals surface area contributed by atoms with Crippen LogP contribution in [0.15, 0.2) is 42.5 Å². The third-order valence-electron chi connectivity index (χ3n) is 5.87. The van der Waals surface area contributed by atoms with Crippen molar-refractivity contribution in [3.8, 4) is 0 Å². The van der Waals surface area contributed by atoms with Crippen molar-refractivity contribution >= 4 is 5.91 Å². The lowest BCUT2D eigenvalue weighted by atomic mass is 9.90. The Hall–Kier alpha value is -2.17. The Balaban J connectivity index is 1.33. The van der Waals surface area contributed by atoms with Crippen molar-refractivity contribution in [3.05, 3.63) is 70.3 Å². The van der Waals surface area contributed by atoms with Gasteiger partial charge in [-0.05, 0) is 53.5 Å². The molecule has 1 amide bonds. The third-order valence-corrected chi connectivity index (χ3v) is 5.87. The first kappa shape index (κ1) is 19.2. The molecule has 0 saturated carbocycles. The van der Waals surface area contributed by atoms with Crippen molar-refractivity contribution in [2.75, 3.05) is 26.3 Å². The minimum atomic E-state index is 0.0944. The Labute approximate surface area is 167 Å². The number of benzene rings is 2. The summed E-state index contributed by atoms with van der Waals surface area (Å²) in [6.07, 6.45) is 5.35. The van der Waals surface area contributed by atoms with Gasteiger partial charge in [-0.2, -0.15) is 0 Å². The molecule has 0 radical (unpaired) electrons. The largest absolute Gasteiger partial charge is 0.379 e. The van der Waals surface area contributed by atoms with Crippen molar-refractivity contribution in [1.82, 2.24) is 10.2 Å². The molecule has 1 saturated heterocycles. The molecule has 1 aliphatic heterocycles. The lowest BCUT2D eigenvalue weighted by molar-refractivity contribution is -0.120. The molecule has 0 atom stereocenters. The van der Waals surface area contributed by atoms with E-state index in [1.54, 1.807) is 0 Å². The van der Waals surface area contributed by atoms with E-state index < -0.39 is 0 Å². The summed E-state index contributed by atoms with van der Waals surface area (Å²) in [5, 5.41) is 3.12. The van der Waals surface area contributed by atoms with Gasteiger partial charge in [-0.1, -0.05) is 42.5 Å². The number of fused-ring (bicyclic) bond motifs is 1. The summed E-state index contributed by atoms with van der Waals surface area (Å²) in [5.74, 6) is 0.0944. The molecule has 1 heterocycles. The minimum Gasteiger partial charge on any atom is -0.379 e. The van der Waals surface area contributed by atoms with Gasteiger partial charge in [0.2, 0.25) is 5.91 Å². The quantitative estimate of drug-likeness (QED) is 0.839. The fourth-order valence-electron chi connectivity index (χ4n) is 4.22. The smallest absolute Gasteiger partial charge is 0.224 e. The van der Waals surface area contributed by atoms with E-state index in [0.717, 1.165) is 44.8 Å². The van der Waals surface area contributed by atoms with Gasteiger partial charge in [0.15, 0.2) is 0 Å². The SMILES string of the molecule is O=C(Cc1ccc2c(c1)CCCC2)NCc1ccccc1CN1CCOCC1. The molecule has 1 aliphatic carbocycles. The van der Waals surface area contributed by atoms with Crippen LogP contribution in [0.1, 0.15) is 40.7 Å². The number of nitrogens with zero attached hydrogens (tertiary/aromatic N) is 1. The molecule has 0 bridgehead atoms. The van der Waals surface area contributed by atoms with E-state index in [1.807, 2.05) is 6.07 Å². The van der Waals surface area contributed by atoms with Crippen molar-refractivity contribution < 1.29 is 9.53 Å². The van der Waals surface area contributed by atoms with Crippen LogP contribution in [-0.4, -0.2) is 37.1 Å². The van der Waals surface area contributed by atoms with Gasteiger partial charge in [0.25, 0.3) is 0 Å². The number of rotatable bonds is 6. The van der Waals surface area contributed by atoms with E-state index in [-0.39, 0.29) is 5.91 Å². The van der Waals surface area contributed by atoms with Gasteiger partial charge in [-0.3, -0.25) is 9.69 Å². The molecule has 2 aliphatic rings. The molecule has 1 fully saturated rings. The lowest BCUT2D eigenvalue weighted by Gasteiger charge is -2.27. The average Bonchev–Trinajstić information content (AvgIpc) is 2.74. The van der Waals surface area contributed by atoms with Crippen LogP contribution in [0.2, 0.25) is 0 Å². The van der Waals surface area contributed by atoms with Crippen LogP contribution in [0, 0.1) is 0 Å². The maximum Gasteiger partial charge on any atom is 0.224 e. The van der Waals surface area contributed by atoms with E-state index in [1.165, 1.54) is 41.5 Å². The van der Waals surface area contributed by atoms with Crippen LogP contribution < -0.4 is 5.32 Å². The number of hydrogen-bond acceptors (Lipinski definition) is 3. The van der Waals surface area contributed by atoms with Crippen LogP contribution in [0.25, 0.3) is 0 Å². The van der Waals surface area contributed by atoms with E-state index in [2.05, 4.69) is 46.6 Å². The molecule has 4 rings (SSSR count). The van der Waals surface area contributed by atoms with E-state index in [9.17, 15) is 4.79 Å². The zero-order valence-corrected chi connectivity index (χ0v) is 16.6. The Bertz CT molecular complexity index is 812. The highest BCUT2D eigenvalue weighted by Crippen LogP contribution is 2.22. The van der Waals surface area contributed by atoms with Gasteiger partial charge >= 0.3 is 0 Å². The lowest BCUT2D eigenvalue weighted by Crippen LogP contribution is -2.36. The predicted octanol–water partition coefficient (Wildman–Crippen LogP) is 3.26. The molecule has 148 valence electrons. The molecular formula is C24H30N2O2. The van der Waals surface area contributed by atoms with Crippen LogP contribution in [0.4, 0.5) is 0 Å². The van der Waals surface area contributed by atoms with Crippen LogP contribution in [-0.2, 0) is 41.9 Å². The Morgan fingerprint density at radius 2 is 1.71 bits per heavy atom. The van der Waals surface area contributed by atoms with Gasteiger partial charge in [-0.25, -0.2) is 0 Å². The first-order valence-corrected chi connectivity index (χ1v) is 10.5. The standard InChI is InChI=1S/C24H30N2O2/c27-24(16-19-9-10-20-5-1-2-6-21(20)15-19)25-17-22-7-3-4-8-23(22)18-26-11-13-28-14-12-26/h3-4,7-10,15H,1-2,5-6,11-14,16-18H2,(H,25,27). The summed E-state index contributed by atoms with van der Waals surface area (Å²) >= 11 is 0. The molecule has 1 N–H and O–H groups in total. The zero-order chi connectivity index (χ0) is 19.2. The number of morpholine rings is 1. The van der Waals surface area contributed by atoms with E-state index in [4.69, 9.17) is 4.74 Å². The molecule has 0 spiro atoms. The fourth-order valence-corrected chi connectivity index (χ4v) is 4.22. The van der Waals surface area contributed by atoms with Crippen molar-refractivity contribution in [2.45, 2.75) is 45.2 Å². The molecule has 0 unspecified atom stereocenters. The number of ether oxygens (including phenoxy) is 1. The fraction of sp³-hybridized carbons (Fsp3) is 0.458. The number of carbonyl (C=O) groups excluding carboxylic acids is 1. The predicted molar refractivity (Wildman–Crippen MR) is 111 cm³/mol. The highest BCUT2D eigenvalue weighted by atomic mass is 16.5. The highest BCUT2D eigenvalue weighted by Gasteiger charge is 2.14. The van der Waals surface area contributed by atoms with Gasteiger partial charge in [-0.15, -0.1) is 0 Å². The molecule has 0 aromatic heterocycles. The Kier molecular flexibility index (Phi) is 6.40. The number of hydrogen-bond donors (Lipinski definition) is 1. The summed E-state index contributed by atoms with van der Waals surface area (Å²) < 4.78 is 5.44. The van der Waals surface area contributed by atoms with Crippen molar-refractivity contribution in [1.29, 1.82) is 0 Å². The molecule has 28 heavy (non-hydrogen) atoms. The van der Waals surface area contributed by atoms with Crippen LogP contribution in [0.5, 0.6) is 0 Å². The molecular weight excluding hydrogens is 348 g/mol.